The van der Waals surface area contributed by atoms with E-state index in [2.05, 4.69) is 38.7 Å². The van der Waals surface area contributed by atoms with E-state index in [1.807, 2.05) is 7.11 Å². The SMILES string of the molecule is COC1CN(C(C)C)CC=C1C(C)C. The fourth-order valence-corrected chi connectivity index (χ4v) is 1.99. The predicted molar refractivity (Wildman–Crippen MR) is 60.4 cm³/mol. The van der Waals surface area contributed by atoms with Gasteiger partial charge in [-0.05, 0) is 25.3 Å². The van der Waals surface area contributed by atoms with Gasteiger partial charge in [-0.15, -0.1) is 0 Å². The molecular weight excluding hydrogens is 174 g/mol. The Kier molecular flexibility index (Phi) is 4.14. The summed E-state index contributed by atoms with van der Waals surface area (Å²) in [4.78, 5) is 2.44. The summed E-state index contributed by atoms with van der Waals surface area (Å²) in [5.74, 6) is 0.606. The summed E-state index contributed by atoms with van der Waals surface area (Å²) >= 11 is 0. The second kappa shape index (κ2) is 4.94. The molecule has 0 saturated carbocycles. The van der Waals surface area contributed by atoms with Gasteiger partial charge in [-0.1, -0.05) is 19.9 Å². The Labute approximate surface area is 87.9 Å². The van der Waals surface area contributed by atoms with Crippen molar-refractivity contribution in [1.82, 2.24) is 4.90 Å². The van der Waals surface area contributed by atoms with E-state index in [1.54, 1.807) is 0 Å². The number of hydrogen-bond acceptors (Lipinski definition) is 2. The van der Waals surface area contributed by atoms with Crippen molar-refractivity contribution < 1.29 is 4.74 Å². The molecule has 1 heterocycles. The summed E-state index contributed by atoms with van der Waals surface area (Å²) in [5.41, 5.74) is 1.46. The van der Waals surface area contributed by atoms with Crippen LogP contribution in [0.2, 0.25) is 0 Å². The van der Waals surface area contributed by atoms with Gasteiger partial charge in [0.25, 0.3) is 0 Å². The Morgan fingerprint density at radius 1 is 1.36 bits per heavy atom. The minimum absolute atomic E-state index is 0.297. The van der Waals surface area contributed by atoms with Gasteiger partial charge in [0, 0.05) is 26.2 Å². The first-order valence-electron chi connectivity index (χ1n) is 5.53. The van der Waals surface area contributed by atoms with Crippen molar-refractivity contribution in [2.45, 2.75) is 39.8 Å². The maximum Gasteiger partial charge on any atom is 0.0911 e. The van der Waals surface area contributed by atoms with Crippen molar-refractivity contribution in [3.8, 4) is 0 Å². The highest BCUT2D eigenvalue weighted by Gasteiger charge is 2.24. The standard InChI is InChI=1S/C12H23NO/c1-9(2)11-6-7-13(10(3)4)8-12(11)14-5/h6,9-10,12H,7-8H2,1-5H3. The van der Waals surface area contributed by atoms with Crippen LogP contribution < -0.4 is 0 Å². The lowest BCUT2D eigenvalue weighted by molar-refractivity contribution is 0.0660. The molecule has 0 aromatic heterocycles. The van der Waals surface area contributed by atoms with E-state index in [9.17, 15) is 0 Å². The third kappa shape index (κ3) is 2.58. The van der Waals surface area contributed by atoms with Gasteiger partial charge >= 0.3 is 0 Å². The van der Waals surface area contributed by atoms with E-state index in [4.69, 9.17) is 4.74 Å². The van der Waals surface area contributed by atoms with Crippen LogP contribution in [0, 0.1) is 5.92 Å². The first-order valence-corrected chi connectivity index (χ1v) is 5.53. The molecule has 0 fully saturated rings. The molecule has 0 spiro atoms. The maximum atomic E-state index is 5.54. The molecule has 1 rings (SSSR count). The zero-order valence-electron chi connectivity index (χ0n) is 10.1. The second-order valence-corrected chi connectivity index (χ2v) is 4.63. The molecule has 14 heavy (non-hydrogen) atoms. The van der Waals surface area contributed by atoms with Gasteiger partial charge in [-0.3, -0.25) is 4.90 Å². The third-order valence-corrected chi connectivity index (χ3v) is 3.02. The number of rotatable bonds is 3. The molecule has 0 aromatic rings. The average Bonchev–Trinajstić information content (AvgIpc) is 2.16. The highest BCUT2D eigenvalue weighted by atomic mass is 16.5. The summed E-state index contributed by atoms with van der Waals surface area (Å²) in [7, 11) is 1.81. The Hall–Kier alpha value is -0.340. The minimum atomic E-state index is 0.297. The largest absolute Gasteiger partial charge is 0.376 e. The molecule has 0 radical (unpaired) electrons. The van der Waals surface area contributed by atoms with Crippen molar-refractivity contribution in [2.75, 3.05) is 20.2 Å². The summed E-state index contributed by atoms with van der Waals surface area (Å²) in [6, 6.07) is 0.609. The summed E-state index contributed by atoms with van der Waals surface area (Å²) in [6.07, 6.45) is 2.63. The Balaban J connectivity index is 2.70. The fraction of sp³-hybridized carbons (Fsp3) is 0.833. The van der Waals surface area contributed by atoms with Crippen molar-refractivity contribution >= 4 is 0 Å². The monoisotopic (exact) mass is 197 g/mol. The first kappa shape index (κ1) is 11.7. The Bertz CT molecular complexity index is 208. The molecule has 0 saturated heterocycles. The van der Waals surface area contributed by atoms with Crippen LogP contribution in [-0.4, -0.2) is 37.2 Å². The van der Waals surface area contributed by atoms with E-state index in [0.29, 0.717) is 18.1 Å². The predicted octanol–water partition coefficient (Wildman–Crippen LogP) is 2.31. The summed E-state index contributed by atoms with van der Waals surface area (Å²) in [5, 5.41) is 0. The number of hydrogen-bond donors (Lipinski definition) is 0. The molecule has 0 amide bonds. The molecule has 1 unspecified atom stereocenters. The Morgan fingerprint density at radius 3 is 2.43 bits per heavy atom. The van der Waals surface area contributed by atoms with Crippen LogP contribution in [0.15, 0.2) is 11.6 Å². The van der Waals surface area contributed by atoms with Gasteiger partial charge < -0.3 is 4.74 Å². The Morgan fingerprint density at radius 2 is 2.00 bits per heavy atom. The van der Waals surface area contributed by atoms with E-state index in [-0.39, 0.29) is 0 Å². The molecule has 1 aliphatic rings. The highest BCUT2D eigenvalue weighted by Crippen LogP contribution is 2.22. The van der Waals surface area contributed by atoms with Gasteiger partial charge in [0.05, 0.1) is 6.10 Å². The van der Waals surface area contributed by atoms with Crippen LogP contribution in [0.3, 0.4) is 0 Å². The molecule has 2 nitrogen and oxygen atoms in total. The molecule has 82 valence electrons. The molecule has 0 N–H and O–H groups in total. The maximum absolute atomic E-state index is 5.54. The summed E-state index contributed by atoms with van der Waals surface area (Å²) in [6.45, 7) is 11.1. The van der Waals surface area contributed by atoms with Gasteiger partial charge in [-0.25, -0.2) is 0 Å². The van der Waals surface area contributed by atoms with E-state index >= 15 is 0 Å². The van der Waals surface area contributed by atoms with Crippen molar-refractivity contribution in [3.63, 3.8) is 0 Å². The number of methoxy groups -OCH3 is 1. The van der Waals surface area contributed by atoms with E-state index in [0.717, 1.165) is 13.1 Å². The molecule has 2 heteroatoms. The number of nitrogens with zero attached hydrogens (tertiary/aromatic N) is 1. The van der Waals surface area contributed by atoms with Gasteiger partial charge in [0.15, 0.2) is 0 Å². The van der Waals surface area contributed by atoms with E-state index < -0.39 is 0 Å². The van der Waals surface area contributed by atoms with Gasteiger partial charge in [-0.2, -0.15) is 0 Å². The lowest BCUT2D eigenvalue weighted by Gasteiger charge is -2.36. The second-order valence-electron chi connectivity index (χ2n) is 4.63. The molecule has 0 aromatic carbocycles. The van der Waals surface area contributed by atoms with Gasteiger partial charge in [0.1, 0.15) is 0 Å². The zero-order valence-corrected chi connectivity index (χ0v) is 10.1. The van der Waals surface area contributed by atoms with Crippen LogP contribution in [0.5, 0.6) is 0 Å². The smallest absolute Gasteiger partial charge is 0.0911 e. The average molecular weight is 197 g/mol. The highest BCUT2D eigenvalue weighted by molar-refractivity contribution is 5.16. The third-order valence-electron chi connectivity index (χ3n) is 3.02. The van der Waals surface area contributed by atoms with Gasteiger partial charge in [0.2, 0.25) is 0 Å². The van der Waals surface area contributed by atoms with Crippen molar-refractivity contribution in [2.24, 2.45) is 5.92 Å². The van der Waals surface area contributed by atoms with E-state index in [1.165, 1.54) is 5.57 Å². The molecule has 1 atom stereocenters. The normalized spacial score (nSPS) is 24.5. The molecule has 0 bridgehead atoms. The van der Waals surface area contributed by atoms with Crippen LogP contribution in [0.25, 0.3) is 0 Å². The van der Waals surface area contributed by atoms with Crippen molar-refractivity contribution in [1.29, 1.82) is 0 Å². The lowest BCUT2D eigenvalue weighted by atomic mass is 9.94. The van der Waals surface area contributed by atoms with Crippen LogP contribution in [-0.2, 0) is 4.74 Å². The first-order chi connectivity index (χ1) is 6.56. The molecule has 0 aliphatic carbocycles. The minimum Gasteiger partial charge on any atom is -0.376 e. The topological polar surface area (TPSA) is 12.5 Å². The molecule has 1 aliphatic heterocycles. The van der Waals surface area contributed by atoms with Crippen LogP contribution in [0.4, 0.5) is 0 Å². The summed E-state index contributed by atoms with van der Waals surface area (Å²) < 4.78 is 5.54. The lowest BCUT2D eigenvalue weighted by Crippen LogP contribution is -2.43. The van der Waals surface area contributed by atoms with Crippen LogP contribution in [0.1, 0.15) is 27.7 Å². The fourth-order valence-electron chi connectivity index (χ4n) is 1.99. The van der Waals surface area contributed by atoms with Crippen molar-refractivity contribution in [3.05, 3.63) is 11.6 Å². The number of ether oxygens (including phenoxy) is 1. The quantitative estimate of drug-likeness (QED) is 0.644. The van der Waals surface area contributed by atoms with Crippen LogP contribution >= 0.6 is 0 Å². The molecular formula is C12H23NO. The zero-order chi connectivity index (χ0) is 10.7.